The number of hydrogen-bond donors (Lipinski definition) is 2. The summed E-state index contributed by atoms with van der Waals surface area (Å²) in [5, 5.41) is 9.90. The molecular weight excluding hydrogens is 236 g/mol. The Morgan fingerprint density at radius 2 is 1.94 bits per heavy atom. The van der Waals surface area contributed by atoms with Crippen LogP contribution in [0.4, 0.5) is 14.5 Å². The molecule has 18 heavy (non-hydrogen) atoms. The molecule has 0 heterocycles. The van der Waals surface area contributed by atoms with E-state index in [0.29, 0.717) is 18.1 Å². The van der Waals surface area contributed by atoms with Crippen LogP contribution in [0.25, 0.3) is 10.8 Å². The monoisotopic (exact) mass is 247 g/mol. The SMILES string of the molecule is C#Cc1c(F)cc(F)c2c(O)c(N)cc(CC)c12. The van der Waals surface area contributed by atoms with E-state index in [1.165, 1.54) is 6.07 Å². The Balaban J connectivity index is 3.13. The molecule has 0 saturated carbocycles. The summed E-state index contributed by atoms with van der Waals surface area (Å²) in [6.07, 6.45) is 5.75. The molecule has 92 valence electrons. The van der Waals surface area contributed by atoms with Gasteiger partial charge in [0.15, 0.2) is 0 Å². The number of fused-ring (bicyclic) bond motifs is 1. The fraction of sp³-hybridized carbons (Fsp3) is 0.143. The molecule has 0 radical (unpaired) electrons. The van der Waals surface area contributed by atoms with Crippen molar-refractivity contribution in [3.8, 4) is 18.1 Å². The van der Waals surface area contributed by atoms with Gasteiger partial charge >= 0.3 is 0 Å². The Kier molecular flexibility index (Phi) is 2.84. The molecular formula is C14H11F2NO. The number of phenolic OH excluding ortho intramolecular Hbond substituents is 1. The number of aromatic hydroxyl groups is 1. The number of anilines is 1. The first-order valence-electron chi connectivity index (χ1n) is 5.39. The van der Waals surface area contributed by atoms with E-state index < -0.39 is 17.4 Å². The minimum absolute atomic E-state index is 0.0489. The molecule has 2 nitrogen and oxygen atoms in total. The summed E-state index contributed by atoms with van der Waals surface area (Å²) in [5.41, 5.74) is 6.19. The molecule has 3 N–H and O–H groups in total. The molecule has 0 spiro atoms. The van der Waals surface area contributed by atoms with Crippen molar-refractivity contribution in [2.24, 2.45) is 0 Å². The van der Waals surface area contributed by atoms with E-state index in [0.717, 1.165) is 0 Å². The highest BCUT2D eigenvalue weighted by atomic mass is 19.1. The Labute approximate surface area is 103 Å². The lowest BCUT2D eigenvalue weighted by molar-refractivity contribution is 0.480. The highest BCUT2D eigenvalue weighted by Crippen LogP contribution is 2.38. The predicted molar refractivity (Wildman–Crippen MR) is 67.3 cm³/mol. The van der Waals surface area contributed by atoms with Crippen LogP contribution in [0.15, 0.2) is 12.1 Å². The van der Waals surface area contributed by atoms with Gasteiger partial charge < -0.3 is 10.8 Å². The predicted octanol–water partition coefficient (Wildman–Crippen LogP) is 2.95. The topological polar surface area (TPSA) is 46.2 Å². The quantitative estimate of drug-likeness (QED) is 0.462. The summed E-state index contributed by atoms with van der Waals surface area (Å²) in [5.74, 6) is 0.0947. The zero-order chi connectivity index (χ0) is 13.4. The third kappa shape index (κ3) is 1.56. The zero-order valence-electron chi connectivity index (χ0n) is 9.72. The van der Waals surface area contributed by atoms with Crippen molar-refractivity contribution < 1.29 is 13.9 Å². The molecule has 0 saturated heterocycles. The van der Waals surface area contributed by atoms with Gasteiger partial charge in [-0.2, -0.15) is 0 Å². The first-order chi connectivity index (χ1) is 8.51. The third-order valence-electron chi connectivity index (χ3n) is 2.92. The second-order valence-corrected chi connectivity index (χ2v) is 3.94. The van der Waals surface area contributed by atoms with Crippen molar-refractivity contribution in [2.45, 2.75) is 13.3 Å². The number of aryl methyl sites for hydroxylation is 1. The highest BCUT2D eigenvalue weighted by Gasteiger charge is 2.18. The Morgan fingerprint density at radius 1 is 1.28 bits per heavy atom. The molecule has 2 aromatic carbocycles. The van der Waals surface area contributed by atoms with Gasteiger partial charge in [0.2, 0.25) is 0 Å². The van der Waals surface area contributed by atoms with Crippen molar-refractivity contribution >= 4 is 16.5 Å². The van der Waals surface area contributed by atoms with Crippen LogP contribution in [0.5, 0.6) is 5.75 Å². The lowest BCUT2D eigenvalue weighted by Gasteiger charge is -2.12. The van der Waals surface area contributed by atoms with Crippen molar-refractivity contribution in [3.63, 3.8) is 0 Å². The van der Waals surface area contributed by atoms with Gasteiger partial charge in [0.05, 0.1) is 16.6 Å². The van der Waals surface area contributed by atoms with E-state index in [1.807, 2.05) is 6.92 Å². The average molecular weight is 247 g/mol. The molecule has 0 aromatic heterocycles. The molecule has 0 amide bonds. The standard InChI is InChI=1S/C14H11F2NO/c1-3-7-5-11(17)14(18)13-10(16)6-9(15)8(4-2)12(7)13/h2,5-6,18H,3,17H2,1H3. The molecule has 0 unspecified atom stereocenters. The normalized spacial score (nSPS) is 10.6. The summed E-state index contributed by atoms with van der Waals surface area (Å²) >= 11 is 0. The maximum absolute atomic E-state index is 13.8. The van der Waals surface area contributed by atoms with Gasteiger partial charge in [-0.1, -0.05) is 12.8 Å². The number of hydrogen-bond acceptors (Lipinski definition) is 2. The maximum Gasteiger partial charge on any atom is 0.149 e. The van der Waals surface area contributed by atoms with Crippen molar-refractivity contribution in [2.75, 3.05) is 5.73 Å². The van der Waals surface area contributed by atoms with Crippen LogP contribution in [0.1, 0.15) is 18.1 Å². The Bertz CT molecular complexity index is 687. The van der Waals surface area contributed by atoms with Crippen LogP contribution in [0, 0.1) is 24.0 Å². The number of halogens is 2. The number of nitrogens with two attached hydrogens (primary N) is 1. The molecule has 4 heteroatoms. The molecule has 0 aliphatic rings. The lowest BCUT2D eigenvalue weighted by Crippen LogP contribution is -1.98. The molecule has 2 rings (SSSR count). The smallest absolute Gasteiger partial charge is 0.149 e. The van der Waals surface area contributed by atoms with Gasteiger partial charge in [-0.3, -0.25) is 0 Å². The summed E-state index contributed by atoms with van der Waals surface area (Å²) in [6, 6.07) is 2.15. The summed E-state index contributed by atoms with van der Waals surface area (Å²) in [4.78, 5) is 0. The average Bonchev–Trinajstić information content (AvgIpc) is 2.33. The van der Waals surface area contributed by atoms with Gasteiger partial charge in [-0.05, 0) is 18.1 Å². The van der Waals surface area contributed by atoms with Crippen LogP contribution in [0.2, 0.25) is 0 Å². The van der Waals surface area contributed by atoms with Crippen LogP contribution in [-0.2, 0) is 6.42 Å². The summed E-state index contributed by atoms with van der Waals surface area (Å²) < 4.78 is 27.4. The number of benzene rings is 2. The zero-order valence-corrected chi connectivity index (χ0v) is 9.72. The van der Waals surface area contributed by atoms with Gasteiger partial charge in [0.1, 0.15) is 17.4 Å². The summed E-state index contributed by atoms with van der Waals surface area (Å²) in [6.45, 7) is 1.81. The van der Waals surface area contributed by atoms with Gasteiger partial charge in [-0.15, -0.1) is 6.42 Å². The van der Waals surface area contributed by atoms with Gasteiger partial charge in [-0.25, -0.2) is 8.78 Å². The summed E-state index contributed by atoms with van der Waals surface area (Å²) in [7, 11) is 0. The Hall–Kier alpha value is -2.28. The third-order valence-corrected chi connectivity index (χ3v) is 2.92. The molecule has 0 atom stereocenters. The Morgan fingerprint density at radius 3 is 2.50 bits per heavy atom. The molecule has 2 aromatic rings. The molecule has 0 fully saturated rings. The van der Waals surface area contributed by atoms with E-state index in [-0.39, 0.29) is 22.0 Å². The van der Waals surface area contributed by atoms with Crippen molar-refractivity contribution in [1.29, 1.82) is 0 Å². The molecule has 0 aliphatic heterocycles. The fourth-order valence-electron chi connectivity index (χ4n) is 2.06. The first kappa shape index (κ1) is 12.2. The van der Waals surface area contributed by atoms with Crippen molar-refractivity contribution in [1.82, 2.24) is 0 Å². The number of nitrogen functional groups attached to an aromatic ring is 1. The van der Waals surface area contributed by atoms with E-state index in [9.17, 15) is 13.9 Å². The van der Waals surface area contributed by atoms with E-state index >= 15 is 0 Å². The fourth-order valence-corrected chi connectivity index (χ4v) is 2.06. The maximum atomic E-state index is 13.8. The number of phenols is 1. The van der Waals surface area contributed by atoms with Crippen LogP contribution in [-0.4, -0.2) is 5.11 Å². The minimum atomic E-state index is -0.874. The number of terminal acetylenes is 1. The van der Waals surface area contributed by atoms with Crippen LogP contribution in [0.3, 0.4) is 0 Å². The van der Waals surface area contributed by atoms with Gasteiger partial charge in [0, 0.05) is 11.5 Å². The second kappa shape index (κ2) is 4.19. The van der Waals surface area contributed by atoms with E-state index in [1.54, 1.807) is 0 Å². The van der Waals surface area contributed by atoms with Crippen LogP contribution >= 0.6 is 0 Å². The molecule has 0 aliphatic carbocycles. The first-order valence-corrected chi connectivity index (χ1v) is 5.39. The number of rotatable bonds is 1. The van der Waals surface area contributed by atoms with E-state index in [2.05, 4.69) is 5.92 Å². The van der Waals surface area contributed by atoms with Crippen LogP contribution < -0.4 is 5.73 Å². The largest absolute Gasteiger partial charge is 0.505 e. The highest BCUT2D eigenvalue weighted by molar-refractivity contribution is 5.99. The lowest BCUT2D eigenvalue weighted by atomic mass is 9.95. The van der Waals surface area contributed by atoms with Gasteiger partial charge in [0.25, 0.3) is 0 Å². The molecule has 0 bridgehead atoms. The minimum Gasteiger partial charge on any atom is -0.505 e. The van der Waals surface area contributed by atoms with Crippen molar-refractivity contribution in [3.05, 3.63) is 34.9 Å². The second-order valence-electron chi connectivity index (χ2n) is 3.94. The van der Waals surface area contributed by atoms with E-state index in [4.69, 9.17) is 12.2 Å².